The van der Waals surface area contributed by atoms with E-state index in [1.165, 1.54) is 6.08 Å². The second-order valence-electron chi connectivity index (χ2n) is 2.33. The lowest BCUT2D eigenvalue weighted by Gasteiger charge is -2.01. The fourth-order valence-corrected chi connectivity index (χ4v) is 0.688. The highest BCUT2D eigenvalue weighted by Gasteiger charge is 1.95. The van der Waals surface area contributed by atoms with Crippen LogP contribution in [0.15, 0.2) is 12.2 Å². The molecule has 0 spiro atoms. The van der Waals surface area contributed by atoms with Gasteiger partial charge in [0.05, 0.1) is 6.54 Å². The number of hydrogen-bond acceptors (Lipinski definition) is 3. The summed E-state index contributed by atoms with van der Waals surface area (Å²) in [5.41, 5.74) is 0. The summed E-state index contributed by atoms with van der Waals surface area (Å²) in [6, 6.07) is 0. The van der Waals surface area contributed by atoms with Crippen molar-refractivity contribution < 1.29 is 14.7 Å². The van der Waals surface area contributed by atoms with Crippen molar-refractivity contribution in [1.29, 1.82) is 0 Å². The Kier molecular flexibility index (Phi) is 6.53. The van der Waals surface area contributed by atoms with Crippen molar-refractivity contribution in [2.45, 2.75) is 6.92 Å². The third-order valence-corrected chi connectivity index (χ3v) is 1.18. The van der Waals surface area contributed by atoms with E-state index >= 15 is 0 Å². The molecule has 0 aromatic heterocycles. The van der Waals surface area contributed by atoms with Gasteiger partial charge in [-0.3, -0.25) is 4.79 Å². The maximum absolute atomic E-state index is 10.8. The van der Waals surface area contributed by atoms with Crippen LogP contribution in [-0.2, 0) is 9.59 Å². The maximum atomic E-state index is 10.8. The fraction of sp³-hybridized carbons (Fsp3) is 0.500. The first-order valence-electron chi connectivity index (χ1n) is 4.03. The normalized spacial score (nSPS) is 10.2. The van der Waals surface area contributed by atoms with E-state index < -0.39 is 5.97 Å². The third-order valence-electron chi connectivity index (χ3n) is 1.18. The molecular weight excluding hydrogens is 172 g/mol. The number of carbonyl (C=O) groups is 2. The molecule has 0 aromatic rings. The highest BCUT2D eigenvalue weighted by molar-refractivity contribution is 5.79. The van der Waals surface area contributed by atoms with Gasteiger partial charge in [0.1, 0.15) is 0 Å². The summed E-state index contributed by atoms with van der Waals surface area (Å²) in [5, 5.41) is 13.6. The van der Waals surface area contributed by atoms with Gasteiger partial charge in [0.15, 0.2) is 0 Å². The Morgan fingerprint density at radius 1 is 1.46 bits per heavy atom. The van der Waals surface area contributed by atoms with Gasteiger partial charge >= 0.3 is 5.97 Å². The highest BCUT2D eigenvalue weighted by atomic mass is 16.4. The first kappa shape index (κ1) is 11.6. The highest BCUT2D eigenvalue weighted by Crippen LogP contribution is 1.71. The number of likely N-dealkylation sites (N-methyl/N-ethyl adjacent to an activating group) is 1. The SMILES string of the molecule is CCNC(=O)CNC/C=C/C(=O)O. The van der Waals surface area contributed by atoms with E-state index in [1.54, 1.807) is 0 Å². The second kappa shape index (κ2) is 7.30. The van der Waals surface area contributed by atoms with Crippen LogP contribution in [0.3, 0.4) is 0 Å². The summed E-state index contributed by atoms with van der Waals surface area (Å²) in [5.74, 6) is -1.08. The summed E-state index contributed by atoms with van der Waals surface area (Å²) in [7, 11) is 0. The minimum Gasteiger partial charge on any atom is -0.478 e. The lowest BCUT2D eigenvalue weighted by Crippen LogP contribution is -2.33. The minimum absolute atomic E-state index is 0.0915. The summed E-state index contributed by atoms with van der Waals surface area (Å²) in [6.07, 6.45) is 2.48. The monoisotopic (exact) mass is 186 g/mol. The van der Waals surface area contributed by atoms with E-state index in [1.807, 2.05) is 6.92 Å². The van der Waals surface area contributed by atoms with Crippen LogP contribution in [0.2, 0.25) is 0 Å². The zero-order valence-electron chi connectivity index (χ0n) is 7.54. The number of nitrogens with one attached hydrogen (secondary N) is 2. The van der Waals surface area contributed by atoms with Gasteiger partial charge in [0, 0.05) is 19.2 Å². The van der Waals surface area contributed by atoms with Crippen LogP contribution in [0, 0.1) is 0 Å². The van der Waals surface area contributed by atoms with Crippen molar-refractivity contribution in [3.8, 4) is 0 Å². The summed E-state index contributed by atoms with van der Waals surface area (Å²) >= 11 is 0. The van der Waals surface area contributed by atoms with Gasteiger partial charge in [-0.2, -0.15) is 0 Å². The zero-order valence-corrected chi connectivity index (χ0v) is 7.54. The van der Waals surface area contributed by atoms with Gasteiger partial charge in [-0.25, -0.2) is 4.79 Å². The molecule has 0 heterocycles. The average Bonchev–Trinajstić information content (AvgIpc) is 2.03. The first-order chi connectivity index (χ1) is 6.16. The van der Waals surface area contributed by atoms with Crippen molar-refractivity contribution in [2.75, 3.05) is 19.6 Å². The van der Waals surface area contributed by atoms with Crippen molar-refractivity contribution in [3.63, 3.8) is 0 Å². The number of amides is 1. The average molecular weight is 186 g/mol. The largest absolute Gasteiger partial charge is 0.478 e. The van der Waals surface area contributed by atoms with Gasteiger partial charge in [-0.1, -0.05) is 6.08 Å². The molecule has 5 heteroatoms. The van der Waals surface area contributed by atoms with Crippen LogP contribution < -0.4 is 10.6 Å². The molecule has 0 rings (SSSR count). The molecule has 0 atom stereocenters. The maximum Gasteiger partial charge on any atom is 0.328 e. The van der Waals surface area contributed by atoms with Gasteiger partial charge < -0.3 is 15.7 Å². The van der Waals surface area contributed by atoms with Crippen LogP contribution in [0.1, 0.15) is 6.92 Å². The minimum atomic E-state index is -0.986. The Morgan fingerprint density at radius 3 is 2.69 bits per heavy atom. The smallest absolute Gasteiger partial charge is 0.328 e. The number of carbonyl (C=O) groups excluding carboxylic acids is 1. The molecule has 0 saturated heterocycles. The van der Waals surface area contributed by atoms with Crippen molar-refractivity contribution in [3.05, 3.63) is 12.2 Å². The number of rotatable bonds is 6. The van der Waals surface area contributed by atoms with Crippen LogP contribution in [0.25, 0.3) is 0 Å². The molecule has 74 valence electrons. The van der Waals surface area contributed by atoms with E-state index in [4.69, 9.17) is 5.11 Å². The molecule has 0 aliphatic rings. The molecule has 1 amide bonds. The molecule has 0 radical (unpaired) electrons. The topological polar surface area (TPSA) is 78.4 Å². The second-order valence-corrected chi connectivity index (χ2v) is 2.33. The molecular formula is C8H14N2O3. The number of aliphatic carboxylic acids is 1. The van der Waals surface area contributed by atoms with Gasteiger partial charge in [0.25, 0.3) is 0 Å². The fourth-order valence-electron chi connectivity index (χ4n) is 0.688. The zero-order chi connectivity index (χ0) is 10.1. The van der Waals surface area contributed by atoms with Crippen LogP contribution in [0.4, 0.5) is 0 Å². The van der Waals surface area contributed by atoms with E-state index in [0.717, 1.165) is 6.08 Å². The molecule has 0 saturated carbocycles. The molecule has 5 nitrogen and oxygen atoms in total. The number of carboxylic acids is 1. The predicted molar refractivity (Wildman–Crippen MR) is 48.3 cm³/mol. The first-order valence-corrected chi connectivity index (χ1v) is 4.03. The number of carboxylic acid groups (broad SMARTS) is 1. The Hall–Kier alpha value is -1.36. The van der Waals surface area contributed by atoms with E-state index in [0.29, 0.717) is 13.1 Å². The lowest BCUT2D eigenvalue weighted by molar-refractivity contribution is -0.131. The quantitative estimate of drug-likeness (QED) is 0.380. The van der Waals surface area contributed by atoms with Crippen molar-refractivity contribution in [1.82, 2.24) is 10.6 Å². The van der Waals surface area contributed by atoms with E-state index in [2.05, 4.69) is 10.6 Å². The van der Waals surface area contributed by atoms with Crippen LogP contribution in [0.5, 0.6) is 0 Å². The Morgan fingerprint density at radius 2 is 2.15 bits per heavy atom. The molecule has 0 unspecified atom stereocenters. The summed E-state index contributed by atoms with van der Waals surface area (Å²) in [4.78, 5) is 20.8. The molecule has 0 aliphatic carbocycles. The summed E-state index contributed by atoms with van der Waals surface area (Å²) < 4.78 is 0. The van der Waals surface area contributed by atoms with E-state index in [9.17, 15) is 9.59 Å². The van der Waals surface area contributed by atoms with Crippen LogP contribution in [-0.4, -0.2) is 36.6 Å². The van der Waals surface area contributed by atoms with Gasteiger partial charge in [-0.15, -0.1) is 0 Å². The summed E-state index contributed by atoms with van der Waals surface area (Å²) in [6.45, 7) is 3.02. The number of hydrogen-bond donors (Lipinski definition) is 3. The standard InChI is InChI=1S/C8H14N2O3/c1-2-10-7(11)6-9-5-3-4-8(12)13/h3-4,9H,2,5-6H2,1H3,(H,10,11)(H,12,13)/b4-3+. The van der Waals surface area contributed by atoms with Gasteiger partial charge in [0.2, 0.25) is 5.91 Å². The molecule has 0 fully saturated rings. The molecule has 0 bridgehead atoms. The molecule has 0 aromatic carbocycles. The predicted octanol–water partition coefficient (Wildman–Crippen LogP) is -0.647. The molecule has 0 aliphatic heterocycles. The Labute approximate surface area is 76.8 Å². The van der Waals surface area contributed by atoms with Crippen molar-refractivity contribution in [2.24, 2.45) is 0 Å². The Balaban J connectivity index is 3.35. The lowest BCUT2D eigenvalue weighted by atomic mass is 10.4. The molecule has 3 N–H and O–H groups in total. The van der Waals surface area contributed by atoms with Crippen molar-refractivity contribution >= 4 is 11.9 Å². The molecule has 13 heavy (non-hydrogen) atoms. The van der Waals surface area contributed by atoms with E-state index in [-0.39, 0.29) is 12.5 Å². The van der Waals surface area contributed by atoms with Gasteiger partial charge in [-0.05, 0) is 6.92 Å². The Bertz CT molecular complexity index is 202. The third kappa shape index (κ3) is 8.55. The van der Waals surface area contributed by atoms with Crippen LogP contribution >= 0.6 is 0 Å².